The molecule has 0 aliphatic heterocycles. The smallest absolute Gasteiger partial charge is 0.0563 e. The van der Waals surface area contributed by atoms with Crippen molar-refractivity contribution < 1.29 is 0 Å². The number of hydrogen-bond acceptors (Lipinski definition) is 1. The number of rotatable bonds is 7. The minimum Gasteiger partial charge on any atom is -0.337 e. The lowest BCUT2D eigenvalue weighted by molar-refractivity contribution is 0.590. The predicted octanol–water partition coefficient (Wildman–Crippen LogP) is 15.5. The third-order valence-corrected chi connectivity index (χ3v) is 13.9. The monoisotopic (exact) mass is 796 g/mol. The number of fused-ring (bicyclic) bond motifs is 9. The standard InChI is InChI=1S/C60H48N2/c1-3-13-41(14-4-1)43-23-30-47(31-24-43)61(48-32-25-44(26-33-48)42-15-5-2-6-16-42)49-34-27-45(28-35-49)46-29-38-60-58(39-46)56-21-11-12-22-59(56)62(60)50-36-37-55-53-19-8-7-17-51(53)52-18-9-10-20-54(52)57(55)40-50/h1-25,27,30-34,36-37,39,44,50H,26,28-29,35,38,40H2. The van der Waals surface area contributed by atoms with Gasteiger partial charge in [-0.25, -0.2) is 0 Å². The SMILES string of the molecule is C1=CC(c2ccccc2)CC=C1N(C1=CC=C(C2=Cc3c(n(C4C=Cc5c(c6ccccc6c6ccccc56)C4)c4ccccc34)CC2)CC1)c1ccc(-c2ccccc2)cc1. The maximum absolute atomic E-state index is 2.68. The number of allylic oxidation sites excluding steroid dienone is 9. The molecule has 4 aliphatic rings. The summed E-state index contributed by atoms with van der Waals surface area (Å²) >= 11 is 0. The number of benzene rings is 7. The van der Waals surface area contributed by atoms with Gasteiger partial charge in [-0.05, 0) is 135 Å². The lowest BCUT2D eigenvalue weighted by Gasteiger charge is -2.33. The van der Waals surface area contributed by atoms with Gasteiger partial charge in [-0.15, -0.1) is 0 Å². The van der Waals surface area contributed by atoms with E-state index >= 15 is 0 Å². The van der Waals surface area contributed by atoms with Gasteiger partial charge in [-0.1, -0.05) is 170 Å². The Balaban J connectivity index is 0.881. The fourth-order valence-electron chi connectivity index (χ4n) is 10.9. The molecule has 0 N–H and O–H groups in total. The van der Waals surface area contributed by atoms with Gasteiger partial charge in [0.05, 0.1) is 6.04 Å². The molecule has 1 aromatic heterocycles. The molecular formula is C60H48N2. The van der Waals surface area contributed by atoms with Gasteiger partial charge in [0.15, 0.2) is 0 Å². The molecule has 7 aromatic carbocycles. The maximum atomic E-state index is 2.68. The van der Waals surface area contributed by atoms with E-state index in [4.69, 9.17) is 0 Å². The Kier molecular flexibility index (Phi) is 9.10. The summed E-state index contributed by atoms with van der Waals surface area (Å²) in [6, 6.07) is 58.1. The molecule has 0 bridgehead atoms. The molecule has 0 spiro atoms. The molecule has 298 valence electrons. The van der Waals surface area contributed by atoms with Crippen LogP contribution in [0.15, 0.2) is 217 Å². The fraction of sp³-hybridized carbons (Fsp3) is 0.133. The normalized spacial score (nSPS) is 18.2. The second-order valence-corrected chi connectivity index (χ2v) is 17.4. The summed E-state index contributed by atoms with van der Waals surface area (Å²) in [5.41, 5.74) is 17.7. The largest absolute Gasteiger partial charge is 0.337 e. The first-order chi connectivity index (χ1) is 30.7. The highest BCUT2D eigenvalue weighted by Crippen LogP contribution is 2.44. The highest BCUT2D eigenvalue weighted by atomic mass is 15.2. The minimum atomic E-state index is 0.258. The van der Waals surface area contributed by atoms with E-state index in [0.717, 1.165) is 38.5 Å². The highest BCUT2D eigenvalue weighted by molar-refractivity contribution is 6.13. The van der Waals surface area contributed by atoms with Crippen molar-refractivity contribution in [1.82, 2.24) is 4.57 Å². The fourth-order valence-corrected chi connectivity index (χ4v) is 10.9. The summed E-state index contributed by atoms with van der Waals surface area (Å²) in [5, 5.41) is 6.80. The van der Waals surface area contributed by atoms with Crippen LogP contribution in [0.3, 0.4) is 0 Å². The third-order valence-electron chi connectivity index (χ3n) is 13.9. The molecule has 0 saturated heterocycles. The molecule has 12 rings (SSSR count). The summed E-state index contributed by atoms with van der Waals surface area (Å²) in [4.78, 5) is 2.50. The summed E-state index contributed by atoms with van der Waals surface area (Å²) < 4.78 is 2.68. The summed E-state index contributed by atoms with van der Waals surface area (Å²) in [6.07, 6.45) is 25.5. The highest BCUT2D eigenvalue weighted by Gasteiger charge is 2.29. The van der Waals surface area contributed by atoms with Gasteiger partial charge in [0, 0.05) is 45.2 Å². The number of hydrogen-bond donors (Lipinski definition) is 0. The van der Waals surface area contributed by atoms with Gasteiger partial charge in [-0.3, -0.25) is 0 Å². The lowest BCUT2D eigenvalue weighted by Crippen LogP contribution is -2.23. The van der Waals surface area contributed by atoms with Crippen LogP contribution in [0, 0.1) is 0 Å². The topological polar surface area (TPSA) is 8.17 Å². The second kappa shape index (κ2) is 15.4. The minimum absolute atomic E-state index is 0.258. The van der Waals surface area contributed by atoms with Crippen LogP contribution >= 0.6 is 0 Å². The van der Waals surface area contributed by atoms with E-state index in [2.05, 4.69) is 216 Å². The van der Waals surface area contributed by atoms with Gasteiger partial charge in [0.2, 0.25) is 0 Å². The third kappa shape index (κ3) is 6.32. The Morgan fingerprint density at radius 2 is 1.16 bits per heavy atom. The molecule has 2 heteroatoms. The van der Waals surface area contributed by atoms with Gasteiger partial charge in [-0.2, -0.15) is 0 Å². The molecular weight excluding hydrogens is 749 g/mol. The number of nitrogens with zero attached hydrogens (tertiary/aromatic N) is 2. The average Bonchev–Trinajstić information content (AvgIpc) is 3.69. The molecule has 2 unspecified atom stereocenters. The van der Waals surface area contributed by atoms with E-state index in [0.29, 0.717) is 5.92 Å². The quantitative estimate of drug-likeness (QED) is 0.146. The zero-order valence-corrected chi connectivity index (χ0v) is 34.9. The Morgan fingerprint density at radius 3 is 1.90 bits per heavy atom. The number of aromatic nitrogens is 1. The number of anilines is 1. The van der Waals surface area contributed by atoms with Gasteiger partial charge < -0.3 is 9.47 Å². The summed E-state index contributed by atoms with van der Waals surface area (Å²) in [5.74, 6) is 0.397. The van der Waals surface area contributed by atoms with Crippen LogP contribution in [-0.4, -0.2) is 4.57 Å². The summed E-state index contributed by atoms with van der Waals surface area (Å²) in [6.45, 7) is 0. The van der Waals surface area contributed by atoms with E-state index in [1.165, 1.54) is 99.8 Å². The van der Waals surface area contributed by atoms with Crippen molar-refractivity contribution in [2.75, 3.05) is 4.90 Å². The summed E-state index contributed by atoms with van der Waals surface area (Å²) in [7, 11) is 0. The van der Waals surface area contributed by atoms with Crippen LogP contribution in [0.2, 0.25) is 0 Å². The first-order valence-corrected chi connectivity index (χ1v) is 22.5. The molecule has 1 heterocycles. The predicted molar refractivity (Wildman–Crippen MR) is 262 cm³/mol. The van der Waals surface area contributed by atoms with Crippen LogP contribution in [0.4, 0.5) is 5.69 Å². The van der Waals surface area contributed by atoms with Crippen LogP contribution < -0.4 is 4.90 Å². The van der Waals surface area contributed by atoms with Crippen molar-refractivity contribution >= 4 is 50.3 Å². The Bertz CT molecular complexity index is 3220. The van der Waals surface area contributed by atoms with Crippen LogP contribution in [0.5, 0.6) is 0 Å². The van der Waals surface area contributed by atoms with Gasteiger partial charge in [0.1, 0.15) is 0 Å². The van der Waals surface area contributed by atoms with E-state index in [9.17, 15) is 0 Å². The van der Waals surface area contributed by atoms with E-state index in [-0.39, 0.29) is 6.04 Å². The van der Waals surface area contributed by atoms with E-state index in [1.807, 2.05) is 0 Å². The zero-order chi connectivity index (χ0) is 41.0. The second-order valence-electron chi connectivity index (χ2n) is 17.4. The Labute approximate surface area is 364 Å². The molecule has 2 nitrogen and oxygen atoms in total. The molecule has 0 amide bonds. The maximum Gasteiger partial charge on any atom is 0.0563 e. The van der Waals surface area contributed by atoms with Crippen molar-refractivity contribution in [2.45, 2.75) is 50.5 Å². The average molecular weight is 797 g/mol. The van der Waals surface area contributed by atoms with Gasteiger partial charge >= 0.3 is 0 Å². The first-order valence-electron chi connectivity index (χ1n) is 22.5. The number of para-hydroxylation sites is 1. The zero-order valence-electron chi connectivity index (χ0n) is 34.9. The van der Waals surface area contributed by atoms with E-state index < -0.39 is 0 Å². The van der Waals surface area contributed by atoms with Crippen molar-refractivity contribution in [1.29, 1.82) is 0 Å². The lowest BCUT2D eigenvalue weighted by atomic mass is 9.84. The molecule has 62 heavy (non-hydrogen) atoms. The first kappa shape index (κ1) is 36.7. The van der Waals surface area contributed by atoms with Crippen molar-refractivity contribution in [3.05, 3.63) is 245 Å². The molecule has 2 atom stereocenters. The Morgan fingerprint density at radius 1 is 0.500 bits per heavy atom. The van der Waals surface area contributed by atoms with Crippen LogP contribution in [-0.2, 0) is 12.8 Å². The molecule has 8 aromatic rings. The Hall–Kier alpha value is -7.16. The van der Waals surface area contributed by atoms with Crippen LogP contribution in [0.25, 0.3) is 55.7 Å². The van der Waals surface area contributed by atoms with Crippen molar-refractivity contribution in [2.24, 2.45) is 0 Å². The molecule has 0 radical (unpaired) electrons. The van der Waals surface area contributed by atoms with Gasteiger partial charge in [0.25, 0.3) is 0 Å². The molecule has 4 aliphatic carbocycles. The molecule has 0 fully saturated rings. The van der Waals surface area contributed by atoms with E-state index in [1.54, 1.807) is 0 Å². The molecule has 0 saturated carbocycles. The van der Waals surface area contributed by atoms with Crippen molar-refractivity contribution in [3.8, 4) is 11.1 Å². The van der Waals surface area contributed by atoms with Crippen LogP contribution in [0.1, 0.15) is 65.6 Å². The van der Waals surface area contributed by atoms with Crippen molar-refractivity contribution in [3.63, 3.8) is 0 Å².